The molecule has 18 heavy (non-hydrogen) atoms. The molecular formula is C14H16O4. The van der Waals surface area contributed by atoms with E-state index in [1.54, 1.807) is 31.2 Å². The summed E-state index contributed by atoms with van der Waals surface area (Å²) >= 11 is 0. The third-order valence-electron chi connectivity index (χ3n) is 3.32. The molecular weight excluding hydrogens is 232 g/mol. The van der Waals surface area contributed by atoms with Crippen molar-refractivity contribution in [2.45, 2.75) is 25.7 Å². The van der Waals surface area contributed by atoms with E-state index in [1.165, 1.54) is 0 Å². The molecule has 0 unspecified atom stereocenters. The first-order valence-corrected chi connectivity index (χ1v) is 6.03. The van der Waals surface area contributed by atoms with Gasteiger partial charge in [0.1, 0.15) is 0 Å². The first-order chi connectivity index (χ1) is 8.58. The van der Waals surface area contributed by atoms with Crippen molar-refractivity contribution in [3.63, 3.8) is 0 Å². The van der Waals surface area contributed by atoms with Crippen molar-refractivity contribution in [2.75, 3.05) is 13.2 Å². The van der Waals surface area contributed by atoms with E-state index in [2.05, 4.69) is 0 Å². The highest BCUT2D eigenvalue weighted by Gasteiger charge is 2.41. The Labute approximate surface area is 106 Å². The average molecular weight is 248 g/mol. The van der Waals surface area contributed by atoms with Crippen LogP contribution in [-0.2, 0) is 19.7 Å². The predicted octanol–water partition coefficient (Wildman–Crippen LogP) is 2.07. The largest absolute Gasteiger partial charge is 0.465 e. The molecule has 1 fully saturated rings. The van der Waals surface area contributed by atoms with Gasteiger partial charge in [-0.25, -0.2) is 4.79 Å². The van der Waals surface area contributed by atoms with Crippen molar-refractivity contribution in [3.8, 4) is 0 Å². The van der Waals surface area contributed by atoms with E-state index in [0.717, 1.165) is 5.56 Å². The summed E-state index contributed by atoms with van der Waals surface area (Å²) in [6.07, 6.45) is 0.671. The van der Waals surface area contributed by atoms with Crippen LogP contribution in [0.3, 0.4) is 0 Å². The maximum absolute atomic E-state index is 11.7. The Hall–Kier alpha value is -1.84. The van der Waals surface area contributed by atoms with Crippen LogP contribution in [0.5, 0.6) is 0 Å². The Morgan fingerprint density at radius 1 is 1.39 bits per heavy atom. The standard InChI is InChI=1S/C14H16O4/c1-3-17-12(15)10-4-6-11(7-5-10)14(2)8-9-18-13(14)16/h4-7H,3,8-9H2,1-2H3/t14-/m1/s1. The quantitative estimate of drug-likeness (QED) is 0.768. The number of hydrogen-bond donors (Lipinski definition) is 0. The summed E-state index contributed by atoms with van der Waals surface area (Å²) in [4.78, 5) is 23.2. The number of hydrogen-bond acceptors (Lipinski definition) is 4. The van der Waals surface area contributed by atoms with Gasteiger partial charge in [-0.3, -0.25) is 4.79 Å². The summed E-state index contributed by atoms with van der Waals surface area (Å²) < 4.78 is 9.92. The highest BCUT2D eigenvalue weighted by Crippen LogP contribution is 2.33. The fourth-order valence-electron chi connectivity index (χ4n) is 2.06. The molecule has 0 bridgehead atoms. The second-order valence-electron chi connectivity index (χ2n) is 4.52. The maximum atomic E-state index is 11.7. The molecule has 1 saturated heterocycles. The minimum atomic E-state index is -0.590. The van der Waals surface area contributed by atoms with Crippen LogP contribution in [0.15, 0.2) is 24.3 Å². The van der Waals surface area contributed by atoms with Crippen molar-refractivity contribution in [1.29, 1.82) is 0 Å². The normalized spacial score (nSPS) is 22.7. The molecule has 0 amide bonds. The van der Waals surface area contributed by atoms with Gasteiger partial charge in [0.25, 0.3) is 0 Å². The fourth-order valence-corrected chi connectivity index (χ4v) is 2.06. The van der Waals surface area contributed by atoms with Crippen LogP contribution >= 0.6 is 0 Å². The molecule has 1 aromatic carbocycles. The van der Waals surface area contributed by atoms with Crippen LogP contribution in [-0.4, -0.2) is 25.2 Å². The second-order valence-corrected chi connectivity index (χ2v) is 4.52. The molecule has 4 nitrogen and oxygen atoms in total. The van der Waals surface area contributed by atoms with Crippen LogP contribution in [0.2, 0.25) is 0 Å². The van der Waals surface area contributed by atoms with Gasteiger partial charge in [0.05, 0.1) is 24.2 Å². The number of rotatable bonds is 3. The van der Waals surface area contributed by atoms with Crippen LogP contribution in [0.25, 0.3) is 0 Å². The highest BCUT2D eigenvalue weighted by molar-refractivity contribution is 5.90. The van der Waals surface area contributed by atoms with Crippen molar-refractivity contribution >= 4 is 11.9 Å². The summed E-state index contributed by atoms with van der Waals surface area (Å²) in [5.74, 6) is -0.547. The molecule has 0 aliphatic carbocycles. The Morgan fingerprint density at radius 2 is 2.06 bits per heavy atom. The Bertz CT molecular complexity index is 463. The minimum absolute atomic E-state index is 0.202. The molecule has 0 saturated carbocycles. The van der Waals surface area contributed by atoms with E-state index in [9.17, 15) is 9.59 Å². The topological polar surface area (TPSA) is 52.6 Å². The Kier molecular flexibility index (Phi) is 3.36. The zero-order chi connectivity index (χ0) is 13.2. The van der Waals surface area contributed by atoms with Gasteiger partial charge in [-0.05, 0) is 31.5 Å². The zero-order valence-electron chi connectivity index (χ0n) is 10.6. The van der Waals surface area contributed by atoms with Crippen molar-refractivity contribution in [2.24, 2.45) is 0 Å². The predicted molar refractivity (Wildman–Crippen MR) is 65.3 cm³/mol. The van der Waals surface area contributed by atoms with Crippen LogP contribution in [0.1, 0.15) is 36.2 Å². The van der Waals surface area contributed by atoms with E-state index >= 15 is 0 Å². The highest BCUT2D eigenvalue weighted by atomic mass is 16.5. The summed E-state index contributed by atoms with van der Waals surface area (Å²) in [5.41, 5.74) is 0.779. The molecule has 1 aliphatic heterocycles. The smallest absolute Gasteiger partial charge is 0.338 e. The molecule has 0 aromatic heterocycles. The molecule has 4 heteroatoms. The molecule has 2 rings (SSSR count). The molecule has 1 heterocycles. The third-order valence-corrected chi connectivity index (χ3v) is 3.32. The lowest BCUT2D eigenvalue weighted by molar-refractivity contribution is -0.142. The Morgan fingerprint density at radius 3 is 2.56 bits per heavy atom. The second kappa shape index (κ2) is 4.80. The number of benzene rings is 1. The lowest BCUT2D eigenvalue weighted by Crippen LogP contribution is -2.27. The van der Waals surface area contributed by atoms with E-state index in [4.69, 9.17) is 9.47 Å². The van der Waals surface area contributed by atoms with Gasteiger partial charge < -0.3 is 9.47 Å². The van der Waals surface area contributed by atoms with Crippen molar-refractivity contribution in [1.82, 2.24) is 0 Å². The average Bonchev–Trinajstić information content (AvgIpc) is 2.71. The van der Waals surface area contributed by atoms with Crippen LogP contribution < -0.4 is 0 Å². The van der Waals surface area contributed by atoms with Gasteiger partial charge in [-0.1, -0.05) is 12.1 Å². The number of esters is 2. The zero-order valence-corrected chi connectivity index (χ0v) is 10.6. The fraction of sp³-hybridized carbons (Fsp3) is 0.429. The van der Waals surface area contributed by atoms with E-state index < -0.39 is 5.41 Å². The van der Waals surface area contributed by atoms with Crippen molar-refractivity contribution in [3.05, 3.63) is 35.4 Å². The monoisotopic (exact) mass is 248 g/mol. The van der Waals surface area contributed by atoms with Gasteiger partial charge in [0.2, 0.25) is 0 Å². The van der Waals surface area contributed by atoms with Gasteiger partial charge in [-0.15, -0.1) is 0 Å². The van der Waals surface area contributed by atoms with Gasteiger partial charge >= 0.3 is 11.9 Å². The van der Waals surface area contributed by atoms with Gasteiger partial charge in [-0.2, -0.15) is 0 Å². The number of ether oxygens (including phenoxy) is 2. The number of carbonyl (C=O) groups excluding carboxylic acids is 2. The lowest BCUT2D eigenvalue weighted by Gasteiger charge is -2.19. The molecule has 0 spiro atoms. The maximum Gasteiger partial charge on any atom is 0.338 e. The summed E-state index contributed by atoms with van der Waals surface area (Å²) in [7, 11) is 0. The summed E-state index contributed by atoms with van der Waals surface area (Å²) in [6, 6.07) is 6.95. The van der Waals surface area contributed by atoms with E-state index in [0.29, 0.717) is 25.2 Å². The van der Waals surface area contributed by atoms with E-state index in [1.807, 2.05) is 6.92 Å². The first-order valence-electron chi connectivity index (χ1n) is 6.03. The Balaban J connectivity index is 2.22. The summed E-state index contributed by atoms with van der Waals surface area (Å²) in [5, 5.41) is 0. The molecule has 1 aliphatic rings. The minimum Gasteiger partial charge on any atom is -0.465 e. The number of cyclic esters (lactones) is 1. The summed E-state index contributed by atoms with van der Waals surface area (Å²) in [6.45, 7) is 4.43. The van der Waals surface area contributed by atoms with Crippen LogP contribution in [0, 0.1) is 0 Å². The molecule has 0 radical (unpaired) electrons. The molecule has 0 N–H and O–H groups in total. The SMILES string of the molecule is CCOC(=O)c1ccc([C@@]2(C)CCOC2=O)cc1. The first kappa shape index (κ1) is 12.6. The van der Waals surface area contributed by atoms with Gasteiger partial charge in [0, 0.05) is 6.42 Å². The lowest BCUT2D eigenvalue weighted by atomic mass is 9.81. The third kappa shape index (κ3) is 2.10. The van der Waals surface area contributed by atoms with E-state index in [-0.39, 0.29) is 11.9 Å². The molecule has 1 aromatic rings. The molecule has 1 atom stereocenters. The van der Waals surface area contributed by atoms with Crippen molar-refractivity contribution < 1.29 is 19.1 Å². The molecule has 96 valence electrons. The number of carbonyl (C=O) groups is 2. The van der Waals surface area contributed by atoms with Crippen LogP contribution in [0.4, 0.5) is 0 Å². The van der Waals surface area contributed by atoms with Gasteiger partial charge in [0.15, 0.2) is 0 Å².